The number of halogens is 1. The predicted molar refractivity (Wildman–Crippen MR) is 82.3 cm³/mol. The molecule has 0 aliphatic carbocycles. The number of amides is 1. The Labute approximate surface area is 125 Å². The van der Waals surface area contributed by atoms with Crippen LogP contribution in [0.5, 0.6) is 0 Å². The maximum atomic E-state index is 12.0. The minimum Gasteiger partial charge on any atom is -0.442 e. The Morgan fingerprint density at radius 1 is 1.35 bits per heavy atom. The fraction of sp³-hybridized carbons (Fsp3) is 0.286. The molecule has 0 radical (unpaired) electrons. The van der Waals surface area contributed by atoms with E-state index in [1.807, 2.05) is 24.3 Å². The molecule has 0 atom stereocenters. The molecular weight excluding hydrogens is 322 g/mol. The second-order valence-electron chi connectivity index (χ2n) is 5.35. The zero-order valence-corrected chi connectivity index (χ0v) is 13.1. The van der Waals surface area contributed by atoms with Crippen LogP contribution in [0.4, 0.5) is 10.6 Å². The first-order valence-electron chi connectivity index (χ1n) is 6.10. The molecule has 2 rings (SSSR count). The minimum atomic E-state index is -0.639. The third-order valence-electron chi connectivity index (χ3n) is 2.52. The first kappa shape index (κ1) is 14.7. The number of hydrogen-bond donors (Lipinski definition) is 1. The summed E-state index contributed by atoms with van der Waals surface area (Å²) in [5.41, 5.74) is -0.609. The van der Waals surface area contributed by atoms with Gasteiger partial charge in [-0.2, -0.15) is 5.01 Å². The zero-order chi connectivity index (χ0) is 14.9. The van der Waals surface area contributed by atoms with Gasteiger partial charge in [-0.25, -0.2) is 15.6 Å². The summed E-state index contributed by atoms with van der Waals surface area (Å²) < 4.78 is 6.19. The number of aromatic nitrogens is 1. The highest BCUT2D eigenvalue weighted by Crippen LogP contribution is 2.26. The third kappa shape index (κ3) is 3.26. The smallest absolute Gasteiger partial charge is 0.430 e. The molecule has 0 aliphatic rings. The van der Waals surface area contributed by atoms with Crippen molar-refractivity contribution in [2.45, 2.75) is 26.4 Å². The molecular formula is C14H16BrN3O2. The number of carbonyl (C=O) groups is 1. The van der Waals surface area contributed by atoms with Crippen molar-refractivity contribution < 1.29 is 9.53 Å². The van der Waals surface area contributed by atoms with Crippen molar-refractivity contribution in [1.82, 2.24) is 4.98 Å². The number of fused-ring (bicyclic) bond motifs is 1. The molecule has 1 aromatic heterocycles. The summed E-state index contributed by atoms with van der Waals surface area (Å²) in [6.45, 7) is 5.35. The van der Waals surface area contributed by atoms with Crippen molar-refractivity contribution in [3.63, 3.8) is 0 Å². The van der Waals surface area contributed by atoms with Gasteiger partial charge in [-0.15, -0.1) is 0 Å². The largest absolute Gasteiger partial charge is 0.442 e. The van der Waals surface area contributed by atoms with Crippen molar-refractivity contribution in [2.75, 3.05) is 5.01 Å². The van der Waals surface area contributed by atoms with Gasteiger partial charge in [-0.1, -0.05) is 15.9 Å². The fourth-order valence-electron chi connectivity index (χ4n) is 1.72. The van der Waals surface area contributed by atoms with Crippen molar-refractivity contribution in [2.24, 2.45) is 5.84 Å². The first-order valence-corrected chi connectivity index (χ1v) is 6.89. The molecule has 2 aromatic rings. The SMILES string of the molecule is CC(C)(C)OC(=O)N(N)c1nccc2cc(Br)ccc12. The lowest BCUT2D eigenvalue weighted by atomic mass is 10.1. The lowest BCUT2D eigenvalue weighted by Crippen LogP contribution is -2.42. The van der Waals surface area contributed by atoms with E-state index in [0.29, 0.717) is 5.82 Å². The van der Waals surface area contributed by atoms with Crippen LogP contribution in [-0.2, 0) is 4.74 Å². The van der Waals surface area contributed by atoms with Gasteiger partial charge in [-0.3, -0.25) is 0 Å². The lowest BCUT2D eigenvalue weighted by Gasteiger charge is -2.24. The highest BCUT2D eigenvalue weighted by atomic mass is 79.9. The average molecular weight is 338 g/mol. The van der Waals surface area contributed by atoms with Crippen LogP contribution in [0.2, 0.25) is 0 Å². The van der Waals surface area contributed by atoms with Crippen LogP contribution in [0.3, 0.4) is 0 Å². The Balaban J connectivity index is 2.40. The Hall–Kier alpha value is -1.66. The minimum absolute atomic E-state index is 0.365. The monoisotopic (exact) mass is 337 g/mol. The second-order valence-corrected chi connectivity index (χ2v) is 6.27. The van der Waals surface area contributed by atoms with Crippen LogP contribution >= 0.6 is 15.9 Å². The van der Waals surface area contributed by atoms with Crippen molar-refractivity contribution in [1.29, 1.82) is 0 Å². The van der Waals surface area contributed by atoms with Gasteiger partial charge in [0.05, 0.1) is 0 Å². The molecule has 0 bridgehead atoms. The van der Waals surface area contributed by atoms with Crippen LogP contribution in [0, 0.1) is 0 Å². The summed E-state index contributed by atoms with van der Waals surface area (Å²) in [5, 5.41) is 2.65. The molecule has 0 spiro atoms. The number of ether oxygens (including phenoxy) is 1. The number of nitrogens with two attached hydrogens (primary N) is 1. The van der Waals surface area contributed by atoms with Gasteiger partial charge in [-0.05, 0) is 50.4 Å². The molecule has 6 heteroatoms. The van der Waals surface area contributed by atoms with E-state index in [0.717, 1.165) is 20.3 Å². The number of nitrogens with zero attached hydrogens (tertiary/aromatic N) is 2. The Bertz CT molecular complexity index is 652. The predicted octanol–water partition coefficient (Wildman–Crippen LogP) is 3.61. The van der Waals surface area contributed by atoms with E-state index >= 15 is 0 Å². The van der Waals surface area contributed by atoms with Crippen LogP contribution in [0.25, 0.3) is 10.8 Å². The van der Waals surface area contributed by atoms with Gasteiger partial charge >= 0.3 is 6.09 Å². The number of carbonyl (C=O) groups excluding carboxylic acids is 1. The van der Waals surface area contributed by atoms with E-state index in [-0.39, 0.29) is 0 Å². The first-order chi connectivity index (χ1) is 9.28. The lowest BCUT2D eigenvalue weighted by molar-refractivity contribution is 0.0579. The molecule has 0 saturated carbocycles. The quantitative estimate of drug-likeness (QED) is 0.490. The number of hydrazine groups is 1. The third-order valence-corrected chi connectivity index (χ3v) is 3.02. The second kappa shape index (κ2) is 5.38. The zero-order valence-electron chi connectivity index (χ0n) is 11.6. The summed E-state index contributed by atoms with van der Waals surface area (Å²) in [7, 11) is 0. The summed E-state index contributed by atoms with van der Waals surface area (Å²) in [5.74, 6) is 6.20. The Morgan fingerprint density at radius 2 is 2.05 bits per heavy atom. The van der Waals surface area contributed by atoms with Gasteiger partial charge in [0.2, 0.25) is 0 Å². The van der Waals surface area contributed by atoms with E-state index in [4.69, 9.17) is 10.6 Å². The van der Waals surface area contributed by atoms with Crippen LogP contribution in [0.1, 0.15) is 20.8 Å². The normalized spacial score (nSPS) is 11.4. The summed E-state index contributed by atoms with van der Waals surface area (Å²) in [4.78, 5) is 16.2. The number of rotatable bonds is 1. The highest BCUT2D eigenvalue weighted by Gasteiger charge is 2.23. The summed E-state index contributed by atoms with van der Waals surface area (Å²) in [6, 6.07) is 7.51. The number of anilines is 1. The van der Waals surface area contributed by atoms with Crippen molar-refractivity contribution >= 4 is 38.6 Å². The van der Waals surface area contributed by atoms with E-state index in [9.17, 15) is 4.79 Å². The molecule has 2 N–H and O–H groups in total. The molecule has 5 nitrogen and oxygen atoms in total. The number of benzene rings is 1. The van der Waals surface area contributed by atoms with Crippen molar-refractivity contribution in [3.8, 4) is 0 Å². The topological polar surface area (TPSA) is 68.5 Å². The van der Waals surface area contributed by atoms with Gasteiger partial charge < -0.3 is 4.74 Å². The van der Waals surface area contributed by atoms with Crippen molar-refractivity contribution in [3.05, 3.63) is 34.9 Å². The Kier molecular flexibility index (Phi) is 3.96. The molecule has 0 saturated heterocycles. The van der Waals surface area contributed by atoms with Crippen LogP contribution in [-0.4, -0.2) is 16.7 Å². The number of hydrogen-bond acceptors (Lipinski definition) is 4. The fourth-order valence-corrected chi connectivity index (χ4v) is 2.10. The average Bonchev–Trinajstić information content (AvgIpc) is 2.34. The number of pyridine rings is 1. The molecule has 20 heavy (non-hydrogen) atoms. The summed E-state index contributed by atoms with van der Waals surface area (Å²) in [6.07, 6.45) is 0.967. The Morgan fingerprint density at radius 3 is 2.70 bits per heavy atom. The van der Waals surface area contributed by atoms with E-state index < -0.39 is 11.7 Å². The van der Waals surface area contributed by atoms with E-state index in [1.54, 1.807) is 27.0 Å². The molecule has 1 amide bonds. The molecule has 0 unspecified atom stereocenters. The maximum absolute atomic E-state index is 12.0. The van der Waals surface area contributed by atoms with E-state index in [2.05, 4.69) is 20.9 Å². The van der Waals surface area contributed by atoms with Gasteiger partial charge in [0.15, 0.2) is 5.82 Å². The molecule has 0 fully saturated rings. The molecule has 1 aromatic carbocycles. The van der Waals surface area contributed by atoms with Gasteiger partial charge in [0.25, 0.3) is 0 Å². The summed E-state index contributed by atoms with van der Waals surface area (Å²) >= 11 is 3.41. The van der Waals surface area contributed by atoms with Crippen LogP contribution < -0.4 is 10.9 Å². The standard InChI is InChI=1S/C14H16BrN3O2/c1-14(2,3)20-13(19)18(16)12-11-5-4-10(15)8-9(11)6-7-17-12/h4-8H,16H2,1-3H3. The molecule has 106 valence electrons. The molecule has 0 aliphatic heterocycles. The van der Waals surface area contributed by atoms with E-state index in [1.165, 1.54) is 0 Å². The highest BCUT2D eigenvalue weighted by molar-refractivity contribution is 9.10. The maximum Gasteiger partial charge on any atom is 0.430 e. The van der Waals surface area contributed by atoms with Crippen LogP contribution in [0.15, 0.2) is 34.9 Å². The van der Waals surface area contributed by atoms with Gasteiger partial charge in [0.1, 0.15) is 5.60 Å². The molecule has 1 heterocycles. The van der Waals surface area contributed by atoms with Gasteiger partial charge in [0, 0.05) is 16.1 Å².